The van der Waals surface area contributed by atoms with Crippen molar-refractivity contribution in [2.24, 2.45) is 0 Å². The summed E-state index contributed by atoms with van der Waals surface area (Å²) in [6.45, 7) is 0. The SMILES string of the molecule is COc1ccc(/C=C/C(=O)Nc2ccnc3ccc(Br)cc23)cc1OC. The molecule has 5 nitrogen and oxygen atoms in total. The number of hydrogen-bond acceptors (Lipinski definition) is 4. The number of pyridine rings is 1. The second-order valence-electron chi connectivity index (χ2n) is 5.46. The van der Waals surface area contributed by atoms with E-state index < -0.39 is 0 Å². The molecule has 6 heteroatoms. The number of ether oxygens (including phenoxy) is 2. The molecule has 1 aromatic heterocycles. The van der Waals surface area contributed by atoms with Gasteiger partial charge in [0.15, 0.2) is 11.5 Å². The summed E-state index contributed by atoms with van der Waals surface area (Å²) < 4.78 is 11.4. The van der Waals surface area contributed by atoms with E-state index in [2.05, 4.69) is 26.2 Å². The number of aromatic nitrogens is 1. The van der Waals surface area contributed by atoms with E-state index in [-0.39, 0.29) is 5.91 Å². The van der Waals surface area contributed by atoms with Gasteiger partial charge < -0.3 is 14.8 Å². The smallest absolute Gasteiger partial charge is 0.248 e. The second kappa shape index (κ2) is 8.01. The Morgan fingerprint density at radius 2 is 1.88 bits per heavy atom. The normalized spacial score (nSPS) is 10.9. The Hall–Kier alpha value is -2.86. The molecular weight excluding hydrogens is 396 g/mol. The molecule has 0 aliphatic rings. The number of fused-ring (bicyclic) bond motifs is 1. The van der Waals surface area contributed by atoms with Crippen LogP contribution in [-0.2, 0) is 4.79 Å². The molecular formula is C20H17BrN2O3. The molecule has 0 bridgehead atoms. The summed E-state index contributed by atoms with van der Waals surface area (Å²) in [6, 6.07) is 13.0. The Balaban J connectivity index is 1.79. The van der Waals surface area contributed by atoms with Crippen LogP contribution >= 0.6 is 15.9 Å². The molecule has 1 N–H and O–H groups in total. The zero-order valence-corrected chi connectivity index (χ0v) is 15.9. The molecule has 3 aromatic rings. The standard InChI is InChI=1S/C20H17BrN2O3/c1-25-18-7-3-13(11-19(18)26-2)4-8-20(24)23-17-9-10-22-16-6-5-14(21)12-15(16)17/h3-12H,1-2H3,(H,22,23,24)/b8-4+. The van der Waals surface area contributed by atoms with Crippen molar-refractivity contribution in [3.05, 3.63) is 64.8 Å². The molecule has 0 unspecified atom stereocenters. The Bertz CT molecular complexity index is 986. The van der Waals surface area contributed by atoms with Crippen molar-refractivity contribution < 1.29 is 14.3 Å². The van der Waals surface area contributed by atoms with Crippen LogP contribution in [-0.4, -0.2) is 25.1 Å². The molecule has 132 valence electrons. The number of halogens is 1. The van der Waals surface area contributed by atoms with E-state index in [0.717, 1.165) is 20.9 Å². The van der Waals surface area contributed by atoms with Gasteiger partial charge in [0.2, 0.25) is 5.91 Å². The molecule has 0 radical (unpaired) electrons. The molecule has 0 saturated carbocycles. The van der Waals surface area contributed by atoms with Crippen molar-refractivity contribution in [1.82, 2.24) is 4.98 Å². The first-order chi connectivity index (χ1) is 12.6. The van der Waals surface area contributed by atoms with Gasteiger partial charge in [0.1, 0.15) is 0 Å². The van der Waals surface area contributed by atoms with Crippen LogP contribution < -0.4 is 14.8 Å². The summed E-state index contributed by atoms with van der Waals surface area (Å²) in [6.07, 6.45) is 4.87. The third-order valence-corrected chi connectivity index (χ3v) is 4.29. The van der Waals surface area contributed by atoms with Crippen LogP contribution in [0, 0.1) is 0 Å². The lowest BCUT2D eigenvalue weighted by Gasteiger charge is -2.08. The van der Waals surface area contributed by atoms with E-state index in [1.54, 1.807) is 38.6 Å². The monoisotopic (exact) mass is 412 g/mol. The molecule has 1 amide bonds. The molecule has 0 fully saturated rings. The number of nitrogens with zero attached hydrogens (tertiary/aromatic N) is 1. The highest BCUT2D eigenvalue weighted by Gasteiger charge is 2.06. The lowest BCUT2D eigenvalue weighted by atomic mass is 10.1. The molecule has 0 aliphatic carbocycles. The maximum atomic E-state index is 12.3. The first kappa shape index (κ1) is 17.9. The number of nitrogens with one attached hydrogen (secondary N) is 1. The fourth-order valence-corrected chi connectivity index (χ4v) is 2.89. The topological polar surface area (TPSA) is 60.5 Å². The van der Waals surface area contributed by atoms with Crippen LogP contribution in [0.5, 0.6) is 11.5 Å². The average molecular weight is 413 g/mol. The van der Waals surface area contributed by atoms with Gasteiger partial charge in [-0.1, -0.05) is 22.0 Å². The third-order valence-electron chi connectivity index (χ3n) is 3.80. The largest absolute Gasteiger partial charge is 0.493 e. The second-order valence-corrected chi connectivity index (χ2v) is 6.37. The quantitative estimate of drug-likeness (QED) is 0.618. The number of benzene rings is 2. The summed E-state index contributed by atoms with van der Waals surface area (Å²) in [7, 11) is 3.16. The number of carbonyl (C=O) groups is 1. The summed E-state index contributed by atoms with van der Waals surface area (Å²) in [5.74, 6) is 1.02. The Labute approximate surface area is 159 Å². The van der Waals surface area contributed by atoms with Gasteiger partial charge in [-0.3, -0.25) is 9.78 Å². The highest BCUT2D eigenvalue weighted by atomic mass is 79.9. The molecule has 3 rings (SSSR count). The first-order valence-corrected chi connectivity index (χ1v) is 8.65. The zero-order valence-electron chi connectivity index (χ0n) is 14.3. The van der Waals surface area contributed by atoms with Crippen molar-refractivity contribution >= 4 is 44.5 Å². The minimum atomic E-state index is -0.229. The molecule has 0 aliphatic heterocycles. The van der Waals surface area contributed by atoms with E-state index in [0.29, 0.717) is 17.2 Å². The van der Waals surface area contributed by atoms with Crippen LogP contribution in [0.25, 0.3) is 17.0 Å². The van der Waals surface area contributed by atoms with Gasteiger partial charge in [-0.2, -0.15) is 0 Å². The van der Waals surface area contributed by atoms with Gasteiger partial charge >= 0.3 is 0 Å². The Kier molecular flexibility index (Phi) is 5.53. The predicted octanol–water partition coefficient (Wildman–Crippen LogP) is 4.67. The number of hydrogen-bond donors (Lipinski definition) is 1. The van der Waals surface area contributed by atoms with E-state index in [9.17, 15) is 4.79 Å². The number of carbonyl (C=O) groups excluding carboxylic acids is 1. The Morgan fingerprint density at radius 1 is 1.08 bits per heavy atom. The fraction of sp³-hybridized carbons (Fsp3) is 0.100. The van der Waals surface area contributed by atoms with Crippen LogP contribution in [0.1, 0.15) is 5.56 Å². The van der Waals surface area contributed by atoms with Gasteiger partial charge in [0.05, 0.1) is 25.4 Å². The van der Waals surface area contributed by atoms with Gasteiger partial charge in [-0.05, 0) is 48.0 Å². The van der Waals surface area contributed by atoms with Gasteiger partial charge in [-0.15, -0.1) is 0 Å². The van der Waals surface area contributed by atoms with E-state index in [1.165, 1.54) is 6.08 Å². The van der Waals surface area contributed by atoms with Crippen molar-refractivity contribution in [2.45, 2.75) is 0 Å². The van der Waals surface area contributed by atoms with E-state index in [1.807, 2.05) is 30.3 Å². The van der Waals surface area contributed by atoms with E-state index in [4.69, 9.17) is 9.47 Å². The third kappa shape index (κ3) is 4.03. The number of methoxy groups -OCH3 is 2. The fourth-order valence-electron chi connectivity index (χ4n) is 2.53. The van der Waals surface area contributed by atoms with Crippen LogP contribution in [0.15, 0.2) is 59.2 Å². The maximum Gasteiger partial charge on any atom is 0.248 e. The summed E-state index contributed by atoms with van der Waals surface area (Å²) >= 11 is 3.44. The van der Waals surface area contributed by atoms with Crippen LogP contribution in [0.2, 0.25) is 0 Å². The minimum absolute atomic E-state index is 0.229. The molecule has 0 saturated heterocycles. The molecule has 26 heavy (non-hydrogen) atoms. The number of anilines is 1. The van der Waals surface area contributed by atoms with Crippen molar-refractivity contribution in [2.75, 3.05) is 19.5 Å². The average Bonchev–Trinajstić information content (AvgIpc) is 2.66. The lowest BCUT2D eigenvalue weighted by Crippen LogP contribution is -2.08. The lowest BCUT2D eigenvalue weighted by molar-refractivity contribution is -0.111. The zero-order chi connectivity index (χ0) is 18.5. The highest BCUT2D eigenvalue weighted by Crippen LogP contribution is 2.28. The Morgan fingerprint density at radius 3 is 2.65 bits per heavy atom. The van der Waals surface area contributed by atoms with Crippen molar-refractivity contribution in [1.29, 1.82) is 0 Å². The van der Waals surface area contributed by atoms with E-state index >= 15 is 0 Å². The van der Waals surface area contributed by atoms with Gasteiger partial charge in [0.25, 0.3) is 0 Å². The number of amides is 1. The molecule has 0 spiro atoms. The predicted molar refractivity (Wildman–Crippen MR) is 107 cm³/mol. The van der Waals surface area contributed by atoms with Crippen molar-refractivity contribution in [3.63, 3.8) is 0 Å². The molecule has 1 heterocycles. The van der Waals surface area contributed by atoms with Crippen LogP contribution in [0.3, 0.4) is 0 Å². The maximum absolute atomic E-state index is 12.3. The van der Waals surface area contributed by atoms with Crippen molar-refractivity contribution in [3.8, 4) is 11.5 Å². The number of rotatable bonds is 5. The van der Waals surface area contributed by atoms with Gasteiger partial charge in [0, 0.05) is 22.1 Å². The molecule has 0 atom stereocenters. The summed E-state index contributed by atoms with van der Waals surface area (Å²) in [5, 5.41) is 3.76. The summed E-state index contributed by atoms with van der Waals surface area (Å²) in [4.78, 5) is 16.6. The van der Waals surface area contributed by atoms with Gasteiger partial charge in [-0.25, -0.2) is 0 Å². The van der Waals surface area contributed by atoms with Crippen LogP contribution in [0.4, 0.5) is 5.69 Å². The minimum Gasteiger partial charge on any atom is -0.493 e. The first-order valence-electron chi connectivity index (χ1n) is 7.86. The highest BCUT2D eigenvalue weighted by molar-refractivity contribution is 9.10. The summed E-state index contributed by atoms with van der Waals surface area (Å²) in [5.41, 5.74) is 2.35. The molecule has 2 aromatic carbocycles.